The van der Waals surface area contributed by atoms with Crippen molar-refractivity contribution >= 4 is 0 Å². The summed E-state index contributed by atoms with van der Waals surface area (Å²) in [5, 5.41) is 3.76. The zero-order valence-corrected chi connectivity index (χ0v) is 10.0. The van der Waals surface area contributed by atoms with Gasteiger partial charge in [0.05, 0.1) is 0 Å². The van der Waals surface area contributed by atoms with Gasteiger partial charge in [0.1, 0.15) is 0 Å². The van der Waals surface area contributed by atoms with E-state index in [1.54, 1.807) is 0 Å². The van der Waals surface area contributed by atoms with Crippen molar-refractivity contribution in [1.82, 2.24) is 5.32 Å². The molecular weight excluding hydrogens is 182 g/mol. The molecule has 1 fully saturated rings. The standard InChI is InChI=1S/C14H25N/c1-12(14-9-5-6-10-14)15-11-13-7-3-2-4-8-13/h2-3,12-15H,4-11H2,1H3/t12-,13?/m1/s1. The van der Waals surface area contributed by atoms with E-state index in [1.165, 1.54) is 51.5 Å². The third-order valence-corrected chi connectivity index (χ3v) is 4.21. The average molecular weight is 207 g/mol. The van der Waals surface area contributed by atoms with Crippen LogP contribution in [0.25, 0.3) is 0 Å². The van der Waals surface area contributed by atoms with Gasteiger partial charge in [-0.15, -0.1) is 0 Å². The predicted molar refractivity (Wildman–Crippen MR) is 65.9 cm³/mol. The molecule has 0 aromatic rings. The zero-order valence-electron chi connectivity index (χ0n) is 10.0. The Morgan fingerprint density at radius 2 is 2.00 bits per heavy atom. The number of allylic oxidation sites excluding steroid dienone is 2. The zero-order chi connectivity index (χ0) is 10.5. The molecule has 0 radical (unpaired) electrons. The number of hydrogen-bond acceptors (Lipinski definition) is 1. The fraction of sp³-hybridized carbons (Fsp3) is 0.857. The van der Waals surface area contributed by atoms with Crippen molar-refractivity contribution in [3.05, 3.63) is 12.2 Å². The minimum absolute atomic E-state index is 0.749. The van der Waals surface area contributed by atoms with Gasteiger partial charge in [0.2, 0.25) is 0 Å². The van der Waals surface area contributed by atoms with Crippen LogP contribution in [-0.4, -0.2) is 12.6 Å². The molecule has 1 nitrogen and oxygen atoms in total. The van der Waals surface area contributed by atoms with Crippen molar-refractivity contribution in [2.24, 2.45) is 11.8 Å². The first-order valence-corrected chi connectivity index (χ1v) is 6.74. The Bertz CT molecular complexity index is 203. The summed E-state index contributed by atoms with van der Waals surface area (Å²) in [6, 6.07) is 0.749. The molecular formula is C14H25N. The van der Waals surface area contributed by atoms with E-state index in [0.29, 0.717) is 0 Å². The topological polar surface area (TPSA) is 12.0 Å². The third kappa shape index (κ3) is 3.34. The van der Waals surface area contributed by atoms with Crippen molar-refractivity contribution in [1.29, 1.82) is 0 Å². The first-order valence-electron chi connectivity index (χ1n) is 6.74. The van der Waals surface area contributed by atoms with Crippen LogP contribution < -0.4 is 5.32 Å². The summed E-state index contributed by atoms with van der Waals surface area (Å²) in [6.45, 7) is 3.62. The van der Waals surface area contributed by atoms with Crippen LogP contribution in [0.5, 0.6) is 0 Å². The highest BCUT2D eigenvalue weighted by molar-refractivity contribution is 4.91. The molecule has 0 bridgehead atoms. The molecule has 1 N–H and O–H groups in total. The maximum Gasteiger partial charge on any atom is 0.00671 e. The molecule has 0 saturated heterocycles. The summed E-state index contributed by atoms with van der Waals surface area (Å²) in [6.07, 6.45) is 14.5. The average Bonchev–Trinajstić information content (AvgIpc) is 2.81. The smallest absolute Gasteiger partial charge is 0.00671 e. The van der Waals surface area contributed by atoms with Crippen LogP contribution in [0.3, 0.4) is 0 Å². The van der Waals surface area contributed by atoms with Crippen molar-refractivity contribution in [3.63, 3.8) is 0 Å². The van der Waals surface area contributed by atoms with E-state index in [0.717, 1.165) is 17.9 Å². The number of nitrogens with one attached hydrogen (secondary N) is 1. The Morgan fingerprint density at radius 3 is 2.67 bits per heavy atom. The van der Waals surface area contributed by atoms with Crippen LogP contribution in [-0.2, 0) is 0 Å². The largest absolute Gasteiger partial charge is 0.314 e. The monoisotopic (exact) mass is 207 g/mol. The summed E-state index contributed by atoms with van der Waals surface area (Å²) >= 11 is 0. The molecule has 0 spiro atoms. The van der Waals surface area contributed by atoms with Gasteiger partial charge in [-0.1, -0.05) is 25.0 Å². The maximum atomic E-state index is 3.76. The van der Waals surface area contributed by atoms with Gasteiger partial charge < -0.3 is 5.32 Å². The lowest BCUT2D eigenvalue weighted by atomic mass is 9.93. The van der Waals surface area contributed by atoms with Gasteiger partial charge in [0, 0.05) is 6.04 Å². The Morgan fingerprint density at radius 1 is 1.20 bits per heavy atom. The van der Waals surface area contributed by atoms with Gasteiger partial charge in [0.25, 0.3) is 0 Å². The Balaban J connectivity index is 1.65. The maximum absolute atomic E-state index is 3.76. The van der Waals surface area contributed by atoms with E-state index in [9.17, 15) is 0 Å². The van der Waals surface area contributed by atoms with E-state index in [1.807, 2.05) is 0 Å². The van der Waals surface area contributed by atoms with Crippen LogP contribution in [0.2, 0.25) is 0 Å². The van der Waals surface area contributed by atoms with Crippen LogP contribution in [0, 0.1) is 11.8 Å². The molecule has 2 aliphatic carbocycles. The molecule has 0 aliphatic heterocycles. The van der Waals surface area contributed by atoms with Gasteiger partial charge in [-0.3, -0.25) is 0 Å². The van der Waals surface area contributed by atoms with Crippen LogP contribution in [0.4, 0.5) is 0 Å². The lowest BCUT2D eigenvalue weighted by Gasteiger charge is -2.24. The first-order chi connectivity index (χ1) is 7.36. The van der Waals surface area contributed by atoms with E-state index in [2.05, 4.69) is 24.4 Å². The SMILES string of the molecule is C[C@@H](NCC1CC=CCC1)C1CCCC1. The lowest BCUT2D eigenvalue weighted by Crippen LogP contribution is -2.36. The summed E-state index contributed by atoms with van der Waals surface area (Å²) in [4.78, 5) is 0. The fourth-order valence-electron chi connectivity index (χ4n) is 3.02. The predicted octanol–water partition coefficient (Wildman–Crippen LogP) is 3.51. The van der Waals surface area contributed by atoms with Crippen LogP contribution >= 0.6 is 0 Å². The van der Waals surface area contributed by atoms with Gasteiger partial charge in [-0.25, -0.2) is 0 Å². The van der Waals surface area contributed by atoms with Crippen molar-refractivity contribution in [2.75, 3.05) is 6.54 Å². The first kappa shape index (κ1) is 11.2. The molecule has 0 amide bonds. The Hall–Kier alpha value is -0.300. The van der Waals surface area contributed by atoms with Crippen molar-refractivity contribution in [2.45, 2.75) is 57.9 Å². The number of rotatable bonds is 4. The highest BCUT2D eigenvalue weighted by Gasteiger charge is 2.21. The second-order valence-corrected chi connectivity index (χ2v) is 5.39. The van der Waals surface area contributed by atoms with E-state index in [4.69, 9.17) is 0 Å². The second kappa shape index (κ2) is 5.69. The third-order valence-electron chi connectivity index (χ3n) is 4.21. The molecule has 2 aliphatic rings. The lowest BCUT2D eigenvalue weighted by molar-refractivity contribution is 0.341. The van der Waals surface area contributed by atoms with Crippen molar-refractivity contribution in [3.8, 4) is 0 Å². The van der Waals surface area contributed by atoms with Gasteiger partial charge >= 0.3 is 0 Å². The van der Waals surface area contributed by atoms with Crippen molar-refractivity contribution < 1.29 is 0 Å². The molecule has 0 heterocycles. The van der Waals surface area contributed by atoms with E-state index >= 15 is 0 Å². The molecule has 0 aromatic heterocycles. The minimum atomic E-state index is 0.749. The number of hydrogen-bond donors (Lipinski definition) is 1. The van der Waals surface area contributed by atoms with E-state index in [-0.39, 0.29) is 0 Å². The molecule has 0 aromatic carbocycles. The molecule has 1 saturated carbocycles. The Kier molecular flexibility index (Phi) is 4.25. The highest BCUT2D eigenvalue weighted by atomic mass is 14.9. The molecule has 2 atom stereocenters. The normalized spacial score (nSPS) is 29.5. The molecule has 1 unspecified atom stereocenters. The fourth-order valence-corrected chi connectivity index (χ4v) is 3.02. The van der Waals surface area contributed by atoms with E-state index < -0.39 is 0 Å². The summed E-state index contributed by atoms with van der Waals surface area (Å²) in [7, 11) is 0. The Labute approximate surface area is 94.3 Å². The molecule has 1 heteroatoms. The van der Waals surface area contributed by atoms with Gasteiger partial charge in [-0.05, 0) is 57.4 Å². The van der Waals surface area contributed by atoms with Gasteiger partial charge in [0.15, 0.2) is 0 Å². The summed E-state index contributed by atoms with van der Waals surface area (Å²) in [5.74, 6) is 1.86. The minimum Gasteiger partial charge on any atom is -0.314 e. The summed E-state index contributed by atoms with van der Waals surface area (Å²) in [5.41, 5.74) is 0. The summed E-state index contributed by atoms with van der Waals surface area (Å²) < 4.78 is 0. The van der Waals surface area contributed by atoms with Crippen LogP contribution in [0.15, 0.2) is 12.2 Å². The highest BCUT2D eigenvalue weighted by Crippen LogP contribution is 2.27. The quantitative estimate of drug-likeness (QED) is 0.696. The molecule has 2 rings (SSSR count). The van der Waals surface area contributed by atoms with Crippen LogP contribution in [0.1, 0.15) is 51.9 Å². The van der Waals surface area contributed by atoms with Gasteiger partial charge in [-0.2, -0.15) is 0 Å². The second-order valence-electron chi connectivity index (χ2n) is 5.39. The molecule has 15 heavy (non-hydrogen) atoms. The molecule has 86 valence electrons.